The summed E-state index contributed by atoms with van der Waals surface area (Å²) < 4.78 is 0. The van der Waals surface area contributed by atoms with E-state index in [2.05, 4.69) is 16.4 Å². The van der Waals surface area contributed by atoms with E-state index in [9.17, 15) is 10.1 Å². The highest BCUT2D eigenvalue weighted by Gasteiger charge is 2.27. The van der Waals surface area contributed by atoms with Crippen molar-refractivity contribution in [2.45, 2.75) is 56.9 Å². The number of aryl methyl sites for hydroxylation is 1. The average Bonchev–Trinajstić information content (AvgIpc) is 3.20. The lowest BCUT2D eigenvalue weighted by molar-refractivity contribution is -0.120. The van der Waals surface area contributed by atoms with Crippen LogP contribution in [0.1, 0.15) is 42.1 Å². The molecule has 20 heavy (non-hydrogen) atoms. The van der Waals surface area contributed by atoms with Crippen LogP contribution >= 0.6 is 11.8 Å². The molecule has 0 aliphatic heterocycles. The van der Waals surface area contributed by atoms with E-state index in [-0.39, 0.29) is 11.2 Å². The maximum atomic E-state index is 12.0. The van der Waals surface area contributed by atoms with Crippen molar-refractivity contribution in [3.8, 4) is 6.07 Å². The predicted molar refractivity (Wildman–Crippen MR) is 79.6 cm³/mol. The molecule has 5 heteroatoms. The normalized spacial score (nSPS) is 15.6. The second kappa shape index (κ2) is 5.84. The third kappa shape index (κ3) is 3.13. The molecule has 106 valence electrons. The van der Waals surface area contributed by atoms with Crippen LogP contribution in [0.4, 0.5) is 0 Å². The van der Waals surface area contributed by atoms with E-state index < -0.39 is 0 Å². The van der Waals surface area contributed by atoms with Gasteiger partial charge in [0.05, 0.1) is 10.8 Å². The number of carbonyl (C=O) groups is 1. The number of nitrogens with zero attached hydrogens (tertiary/aromatic N) is 2. The van der Waals surface area contributed by atoms with Gasteiger partial charge in [-0.2, -0.15) is 5.26 Å². The maximum Gasteiger partial charge on any atom is 0.233 e. The van der Waals surface area contributed by atoms with Crippen LogP contribution in [0.5, 0.6) is 0 Å². The fourth-order valence-corrected chi connectivity index (χ4v) is 2.91. The number of hydrogen-bond donors (Lipinski definition) is 1. The Hall–Kier alpha value is -1.54. The number of carbonyl (C=O) groups excluding carboxylic acids is 1. The van der Waals surface area contributed by atoms with Gasteiger partial charge in [-0.3, -0.25) is 4.79 Å². The summed E-state index contributed by atoms with van der Waals surface area (Å²) in [6, 6.07) is 2.57. The summed E-state index contributed by atoms with van der Waals surface area (Å²) in [5, 5.41) is 12.7. The van der Waals surface area contributed by atoms with Gasteiger partial charge in [-0.25, -0.2) is 4.98 Å². The minimum absolute atomic E-state index is 0.0269. The fraction of sp³-hybridized carbons (Fsp3) is 0.533. The number of thioether (sulfide) groups is 1. The Balaban J connectivity index is 2.20. The van der Waals surface area contributed by atoms with Crippen LogP contribution in [-0.2, 0) is 4.79 Å². The maximum absolute atomic E-state index is 12.0. The van der Waals surface area contributed by atoms with Gasteiger partial charge in [-0.1, -0.05) is 11.8 Å². The van der Waals surface area contributed by atoms with Gasteiger partial charge in [0.25, 0.3) is 0 Å². The second-order valence-electron chi connectivity index (χ2n) is 5.28. The minimum atomic E-state index is -0.239. The topological polar surface area (TPSA) is 65.8 Å². The van der Waals surface area contributed by atoms with E-state index in [1.807, 2.05) is 27.7 Å². The molecule has 0 aromatic carbocycles. The molecule has 0 radical (unpaired) electrons. The smallest absolute Gasteiger partial charge is 0.233 e. The number of nitriles is 1. The molecular formula is C15H19N3OS. The summed E-state index contributed by atoms with van der Waals surface area (Å²) in [6.45, 7) is 7.69. The van der Waals surface area contributed by atoms with Gasteiger partial charge in [0.1, 0.15) is 11.1 Å². The standard InChI is InChI=1S/C15H19N3OS/c1-8-9(2)13(7-16)15(17-10(8)3)20-11(4)14(19)18-12-5-6-12/h11-12H,5-6H2,1-4H3,(H,18,19)/t11-/m0/s1. The van der Waals surface area contributed by atoms with Gasteiger partial charge < -0.3 is 5.32 Å². The highest BCUT2D eigenvalue weighted by molar-refractivity contribution is 8.00. The zero-order valence-electron chi connectivity index (χ0n) is 12.3. The number of nitrogens with one attached hydrogen (secondary N) is 1. The van der Waals surface area contributed by atoms with Crippen LogP contribution in [0.25, 0.3) is 0 Å². The predicted octanol–water partition coefficient (Wildman–Crippen LogP) is 2.64. The highest BCUT2D eigenvalue weighted by atomic mass is 32.2. The van der Waals surface area contributed by atoms with Crippen LogP contribution in [0.15, 0.2) is 5.03 Å². The fourth-order valence-electron chi connectivity index (χ4n) is 1.90. The molecule has 2 rings (SSSR count). The molecule has 1 aliphatic rings. The molecule has 1 heterocycles. The first-order chi connectivity index (χ1) is 9.43. The van der Waals surface area contributed by atoms with Gasteiger partial charge in [0.2, 0.25) is 5.91 Å². The first-order valence-electron chi connectivity index (χ1n) is 6.79. The molecule has 0 saturated heterocycles. The van der Waals surface area contributed by atoms with Crippen molar-refractivity contribution in [3.63, 3.8) is 0 Å². The molecule has 0 unspecified atom stereocenters. The summed E-state index contributed by atoms with van der Waals surface area (Å²) in [4.78, 5) is 16.5. The second-order valence-corrected chi connectivity index (χ2v) is 6.61. The molecule has 1 atom stereocenters. The summed E-state index contributed by atoms with van der Waals surface area (Å²) in [6.07, 6.45) is 2.15. The van der Waals surface area contributed by atoms with Crippen molar-refractivity contribution in [2.24, 2.45) is 0 Å². The van der Waals surface area contributed by atoms with Gasteiger partial charge >= 0.3 is 0 Å². The van der Waals surface area contributed by atoms with Crippen molar-refractivity contribution in [1.82, 2.24) is 10.3 Å². The Morgan fingerprint density at radius 3 is 2.60 bits per heavy atom. The molecule has 1 amide bonds. The molecule has 0 spiro atoms. The molecule has 1 aromatic heterocycles. The van der Waals surface area contributed by atoms with Gasteiger partial charge in [0.15, 0.2) is 0 Å². The summed E-state index contributed by atoms with van der Waals surface area (Å²) in [5.74, 6) is 0.0269. The number of pyridine rings is 1. The number of hydrogen-bond acceptors (Lipinski definition) is 4. The molecule has 1 fully saturated rings. The molecule has 0 bridgehead atoms. The first-order valence-corrected chi connectivity index (χ1v) is 7.67. The molecule has 1 N–H and O–H groups in total. The van der Waals surface area contributed by atoms with E-state index in [4.69, 9.17) is 0 Å². The average molecular weight is 289 g/mol. The summed E-state index contributed by atoms with van der Waals surface area (Å²) in [7, 11) is 0. The van der Waals surface area contributed by atoms with Crippen molar-refractivity contribution in [3.05, 3.63) is 22.4 Å². The lowest BCUT2D eigenvalue weighted by Crippen LogP contribution is -2.32. The minimum Gasteiger partial charge on any atom is -0.352 e. The first kappa shape index (κ1) is 14.9. The Morgan fingerprint density at radius 1 is 1.40 bits per heavy atom. The number of aromatic nitrogens is 1. The Morgan fingerprint density at radius 2 is 2.05 bits per heavy atom. The van der Waals surface area contributed by atoms with Crippen molar-refractivity contribution < 1.29 is 4.79 Å². The molecule has 1 saturated carbocycles. The largest absolute Gasteiger partial charge is 0.352 e. The van der Waals surface area contributed by atoms with E-state index in [1.165, 1.54) is 11.8 Å². The highest BCUT2D eigenvalue weighted by Crippen LogP contribution is 2.30. The molecule has 1 aliphatic carbocycles. The zero-order valence-corrected chi connectivity index (χ0v) is 13.1. The van der Waals surface area contributed by atoms with Crippen LogP contribution in [0.2, 0.25) is 0 Å². The van der Waals surface area contributed by atoms with Crippen molar-refractivity contribution >= 4 is 17.7 Å². The van der Waals surface area contributed by atoms with Crippen LogP contribution in [0.3, 0.4) is 0 Å². The zero-order chi connectivity index (χ0) is 14.9. The summed E-state index contributed by atoms with van der Waals surface area (Å²) >= 11 is 1.36. The lowest BCUT2D eigenvalue weighted by Gasteiger charge is -2.15. The Labute approximate surface area is 124 Å². The van der Waals surface area contributed by atoms with Gasteiger partial charge in [0, 0.05) is 11.7 Å². The van der Waals surface area contributed by atoms with Gasteiger partial charge in [-0.15, -0.1) is 0 Å². The van der Waals surface area contributed by atoms with E-state index in [0.29, 0.717) is 16.6 Å². The molecular weight excluding hydrogens is 270 g/mol. The Kier molecular flexibility index (Phi) is 4.34. The number of rotatable bonds is 4. The quantitative estimate of drug-likeness (QED) is 0.865. The van der Waals surface area contributed by atoms with Gasteiger partial charge in [-0.05, 0) is 51.7 Å². The third-order valence-electron chi connectivity index (χ3n) is 3.66. The molecule has 1 aromatic rings. The molecule has 4 nitrogen and oxygen atoms in total. The third-order valence-corrected chi connectivity index (χ3v) is 4.74. The van der Waals surface area contributed by atoms with Crippen LogP contribution in [0, 0.1) is 32.1 Å². The van der Waals surface area contributed by atoms with Crippen LogP contribution < -0.4 is 5.32 Å². The monoisotopic (exact) mass is 289 g/mol. The Bertz CT molecular complexity index is 588. The SMILES string of the molecule is Cc1nc(S[C@@H](C)C(=O)NC2CC2)c(C#N)c(C)c1C. The number of amides is 1. The summed E-state index contributed by atoms with van der Waals surface area (Å²) in [5.41, 5.74) is 3.50. The van der Waals surface area contributed by atoms with E-state index >= 15 is 0 Å². The van der Waals surface area contributed by atoms with Crippen molar-refractivity contribution in [2.75, 3.05) is 0 Å². The van der Waals surface area contributed by atoms with E-state index in [0.717, 1.165) is 29.7 Å². The lowest BCUT2D eigenvalue weighted by atomic mass is 10.1. The van der Waals surface area contributed by atoms with E-state index in [1.54, 1.807) is 0 Å². The van der Waals surface area contributed by atoms with Crippen LogP contribution in [-0.4, -0.2) is 22.2 Å². The van der Waals surface area contributed by atoms with Crippen molar-refractivity contribution in [1.29, 1.82) is 5.26 Å².